The summed E-state index contributed by atoms with van der Waals surface area (Å²) < 4.78 is 14.0. The van der Waals surface area contributed by atoms with Crippen molar-refractivity contribution >= 4 is 23.4 Å². The molecule has 0 bridgehead atoms. The zero-order chi connectivity index (χ0) is 16.7. The van der Waals surface area contributed by atoms with Crippen LogP contribution < -0.4 is 5.32 Å². The summed E-state index contributed by atoms with van der Waals surface area (Å²) in [6.07, 6.45) is 0. The molecular formula is C15H14FNO5. The molecule has 1 aromatic carbocycles. The molecule has 22 heavy (non-hydrogen) atoms. The number of hydrogen-bond donors (Lipinski definition) is 2. The standard InChI is InChI=1S/C15H14FNO5/c1-15(2)7-4-3-5-8(16)10(7)12(20)11(13(15)21)14(22)17-6-9(18)19/h3-5,11H,6H2,1-2H3,(H,17,22)(H,18,19). The minimum Gasteiger partial charge on any atom is -0.480 e. The lowest BCUT2D eigenvalue weighted by Crippen LogP contribution is -2.51. The lowest BCUT2D eigenvalue weighted by molar-refractivity contribution is -0.140. The van der Waals surface area contributed by atoms with Gasteiger partial charge in [-0.1, -0.05) is 12.1 Å². The summed E-state index contributed by atoms with van der Waals surface area (Å²) in [5, 5.41) is 10.6. The Kier molecular flexibility index (Phi) is 3.83. The Morgan fingerprint density at radius 3 is 2.55 bits per heavy atom. The number of rotatable bonds is 3. The Balaban J connectivity index is 2.49. The van der Waals surface area contributed by atoms with Crippen molar-refractivity contribution < 1.29 is 28.7 Å². The smallest absolute Gasteiger partial charge is 0.322 e. The van der Waals surface area contributed by atoms with Crippen molar-refractivity contribution in [2.75, 3.05) is 6.54 Å². The topological polar surface area (TPSA) is 101 Å². The SMILES string of the molecule is CC1(C)C(=O)C(C(=O)NCC(=O)O)C(=O)c2c(F)cccc21. The lowest BCUT2D eigenvalue weighted by atomic mass is 9.66. The van der Waals surface area contributed by atoms with Crippen LogP contribution >= 0.6 is 0 Å². The van der Waals surface area contributed by atoms with Gasteiger partial charge < -0.3 is 10.4 Å². The van der Waals surface area contributed by atoms with E-state index < -0.39 is 47.1 Å². The average Bonchev–Trinajstić information content (AvgIpc) is 2.43. The summed E-state index contributed by atoms with van der Waals surface area (Å²) in [7, 11) is 0. The second kappa shape index (κ2) is 5.32. The highest BCUT2D eigenvalue weighted by atomic mass is 19.1. The number of nitrogens with one attached hydrogen (secondary N) is 1. The van der Waals surface area contributed by atoms with Gasteiger partial charge in [-0.15, -0.1) is 0 Å². The average molecular weight is 307 g/mol. The number of halogens is 1. The number of Topliss-reactive ketones (excluding diaryl/α,β-unsaturated/α-hetero) is 2. The Labute approximate surface area is 125 Å². The summed E-state index contributed by atoms with van der Waals surface area (Å²) in [5.74, 6) is -6.51. The van der Waals surface area contributed by atoms with Crippen LogP contribution in [0.5, 0.6) is 0 Å². The molecule has 6 nitrogen and oxygen atoms in total. The van der Waals surface area contributed by atoms with E-state index in [1.807, 2.05) is 5.32 Å². The van der Waals surface area contributed by atoms with Crippen molar-refractivity contribution in [3.8, 4) is 0 Å². The number of fused-ring (bicyclic) bond motifs is 1. The first-order valence-electron chi connectivity index (χ1n) is 6.55. The third kappa shape index (κ3) is 2.38. The van der Waals surface area contributed by atoms with Crippen LogP contribution in [-0.4, -0.2) is 35.1 Å². The van der Waals surface area contributed by atoms with Crippen molar-refractivity contribution in [2.45, 2.75) is 19.3 Å². The van der Waals surface area contributed by atoms with Crippen LogP contribution in [0, 0.1) is 11.7 Å². The largest absolute Gasteiger partial charge is 0.480 e. The van der Waals surface area contributed by atoms with E-state index in [4.69, 9.17) is 5.11 Å². The van der Waals surface area contributed by atoms with Crippen LogP contribution in [0.25, 0.3) is 0 Å². The van der Waals surface area contributed by atoms with Gasteiger partial charge in [-0.2, -0.15) is 0 Å². The van der Waals surface area contributed by atoms with E-state index in [-0.39, 0.29) is 11.1 Å². The van der Waals surface area contributed by atoms with Crippen molar-refractivity contribution in [1.29, 1.82) is 0 Å². The van der Waals surface area contributed by atoms with Crippen LogP contribution in [0.1, 0.15) is 29.8 Å². The van der Waals surface area contributed by atoms with E-state index in [9.17, 15) is 23.6 Å². The highest BCUT2D eigenvalue weighted by Crippen LogP contribution is 2.38. The number of hydrogen-bond acceptors (Lipinski definition) is 4. The number of carbonyl (C=O) groups is 4. The Morgan fingerprint density at radius 2 is 1.95 bits per heavy atom. The van der Waals surface area contributed by atoms with Crippen LogP contribution in [-0.2, 0) is 19.8 Å². The number of benzene rings is 1. The van der Waals surface area contributed by atoms with E-state index in [0.717, 1.165) is 6.07 Å². The van der Waals surface area contributed by atoms with Crippen molar-refractivity contribution in [3.05, 3.63) is 35.1 Å². The molecular weight excluding hydrogens is 293 g/mol. The summed E-state index contributed by atoms with van der Waals surface area (Å²) in [6.45, 7) is 2.27. The van der Waals surface area contributed by atoms with E-state index in [0.29, 0.717) is 0 Å². The van der Waals surface area contributed by atoms with Gasteiger partial charge in [-0.3, -0.25) is 19.2 Å². The van der Waals surface area contributed by atoms with E-state index >= 15 is 0 Å². The molecule has 2 N–H and O–H groups in total. The molecule has 0 heterocycles. The molecule has 7 heteroatoms. The Hall–Kier alpha value is -2.57. The maximum atomic E-state index is 14.0. The number of aliphatic carboxylic acids is 1. The van der Waals surface area contributed by atoms with E-state index in [2.05, 4.69) is 0 Å². The van der Waals surface area contributed by atoms with Gasteiger partial charge in [-0.05, 0) is 25.5 Å². The highest BCUT2D eigenvalue weighted by molar-refractivity contribution is 6.29. The van der Waals surface area contributed by atoms with Crippen molar-refractivity contribution in [3.63, 3.8) is 0 Å². The van der Waals surface area contributed by atoms with Gasteiger partial charge in [0, 0.05) is 0 Å². The molecule has 0 saturated heterocycles. The first kappa shape index (κ1) is 15.8. The first-order chi connectivity index (χ1) is 10.2. The van der Waals surface area contributed by atoms with Gasteiger partial charge in [0.05, 0.1) is 11.0 Å². The third-order valence-electron chi connectivity index (χ3n) is 3.75. The van der Waals surface area contributed by atoms with Crippen molar-refractivity contribution in [2.24, 2.45) is 5.92 Å². The lowest BCUT2D eigenvalue weighted by Gasteiger charge is -2.34. The number of amides is 1. The second-order valence-electron chi connectivity index (χ2n) is 5.56. The molecule has 1 aromatic rings. The zero-order valence-electron chi connectivity index (χ0n) is 12.0. The predicted octanol–water partition coefficient (Wildman–Crippen LogP) is 0.686. The summed E-state index contributed by atoms with van der Waals surface area (Å²) in [4.78, 5) is 47.3. The van der Waals surface area contributed by atoms with Gasteiger partial charge in [0.1, 0.15) is 12.4 Å². The fourth-order valence-corrected chi connectivity index (χ4v) is 2.56. The normalized spacial score (nSPS) is 19.5. The fraction of sp³-hybridized carbons (Fsp3) is 0.333. The van der Waals surface area contributed by atoms with Gasteiger partial charge in [0.25, 0.3) is 0 Å². The fourth-order valence-electron chi connectivity index (χ4n) is 2.56. The highest BCUT2D eigenvalue weighted by Gasteiger charge is 2.50. The third-order valence-corrected chi connectivity index (χ3v) is 3.75. The molecule has 1 atom stereocenters. The van der Waals surface area contributed by atoms with E-state index in [1.165, 1.54) is 26.0 Å². The monoisotopic (exact) mass is 307 g/mol. The molecule has 116 valence electrons. The van der Waals surface area contributed by atoms with Crippen LogP contribution in [0.3, 0.4) is 0 Å². The number of carboxylic acid groups (broad SMARTS) is 1. The van der Waals surface area contributed by atoms with Gasteiger partial charge in [0.15, 0.2) is 17.5 Å². The van der Waals surface area contributed by atoms with E-state index in [1.54, 1.807) is 0 Å². The number of carbonyl (C=O) groups excluding carboxylic acids is 3. The summed E-state index contributed by atoms with van der Waals surface area (Å²) in [5.41, 5.74) is -1.29. The quantitative estimate of drug-likeness (QED) is 0.800. The van der Waals surface area contributed by atoms with Crippen molar-refractivity contribution in [1.82, 2.24) is 5.32 Å². The maximum absolute atomic E-state index is 14.0. The van der Waals surface area contributed by atoms with Gasteiger partial charge in [-0.25, -0.2) is 4.39 Å². The molecule has 1 aliphatic carbocycles. The van der Waals surface area contributed by atoms with Crippen LogP contribution in [0.4, 0.5) is 4.39 Å². The maximum Gasteiger partial charge on any atom is 0.322 e. The zero-order valence-corrected chi connectivity index (χ0v) is 12.0. The molecule has 1 amide bonds. The number of ketones is 2. The summed E-state index contributed by atoms with van der Waals surface area (Å²) in [6, 6.07) is 3.94. The minimum atomic E-state index is -1.74. The molecule has 0 saturated carbocycles. The van der Waals surface area contributed by atoms with Gasteiger partial charge in [0.2, 0.25) is 5.91 Å². The molecule has 0 aromatic heterocycles. The van der Waals surface area contributed by atoms with Gasteiger partial charge >= 0.3 is 5.97 Å². The molecule has 0 radical (unpaired) electrons. The molecule has 1 aliphatic rings. The van der Waals surface area contributed by atoms with Crippen LogP contribution in [0.2, 0.25) is 0 Å². The molecule has 0 spiro atoms. The Morgan fingerprint density at radius 1 is 1.32 bits per heavy atom. The Bertz CT molecular complexity index is 695. The number of carboxylic acids is 1. The predicted molar refractivity (Wildman–Crippen MR) is 72.9 cm³/mol. The molecule has 2 rings (SSSR count). The minimum absolute atomic E-state index is 0.227. The van der Waals surface area contributed by atoms with Crippen LogP contribution in [0.15, 0.2) is 18.2 Å². The summed E-state index contributed by atoms with van der Waals surface area (Å²) >= 11 is 0. The molecule has 1 unspecified atom stereocenters. The first-order valence-corrected chi connectivity index (χ1v) is 6.55. The molecule has 0 aliphatic heterocycles. The molecule has 0 fully saturated rings. The second-order valence-corrected chi connectivity index (χ2v) is 5.56.